The molecule has 0 aromatic heterocycles. The Morgan fingerprint density at radius 3 is 1.79 bits per heavy atom. The van der Waals surface area contributed by atoms with Crippen molar-refractivity contribution in [2.75, 3.05) is 5.32 Å². The number of hydrogen-bond donors (Lipinski definition) is 1. The third-order valence-corrected chi connectivity index (χ3v) is 8.44. The maximum Gasteiger partial charge on any atom is 0.410 e. The smallest absolute Gasteiger partial charge is 0.410 e. The second-order valence-corrected chi connectivity index (χ2v) is 13.4. The number of benzene rings is 4. The molecule has 1 saturated carbocycles. The van der Waals surface area contributed by atoms with Gasteiger partial charge in [-0.05, 0) is 73.6 Å². The molecule has 1 N–H and O–H groups in total. The fraction of sp³-hybridized carbons (Fsp3) is 0.333. The molecule has 1 aliphatic carbocycles. The van der Waals surface area contributed by atoms with E-state index in [0.717, 1.165) is 53.5 Å². The van der Waals surface area contributed by atoms with Crippen molar-refractivity contribution in [1.29, 1.82) is 0 Å². The fourth-order valence-electron chi connectivity index (χ4n) is 5.95. The molecule has 0 saturated heterocycles. The molecule has 4 aromatic carbocycles. The van der Waals surface area contributed by atoms with Gasteiger partial charge in [-0.2, -0.15) is 0 Å². The van der Waals surface area contributed by atoms with E-state index in [-0.39, 0.29) is 23.9 Å². The maximum absolute atomic E-state index is 13.4. The van der Waals surface area contributed by atoms with Gasteiger partial charge in [0.25, 0.3) is 5.69 Å². The second-order valence-electron chi connectivity index (χ2n) is 13.4. The summed E-state index contributed by atoms with van der Waals surface area (Å²) in [6.07, 6.45) is 5.24. The SMILES string of the molecule is CC(C)(C)OC(=O)N(Cc1ccc(-c2ccc(CN(Cc3ccccc3)C(=O)Nc3ccc([N+](=O)[O-])cc3)cc2)cc1)C1CCCCC1. The standard InChI is InChI=1S/C39H44N4O5/c1-39(2,3)48-38(45)42(35-12-8-5-9-13-35)28-31-16-20-33(21-17-31)32-18-14-30(15-19-32)27-41(26-29-10-6-4-7-11-29)37(44)40-34-22-24-36(25-23-34)43(46)47/h4,6-7,10-11,14-25,35H,5,8-9,12-13,26-28H2,1-3H3,(H,40,44). The number of hydrogen-bond acceptors (Lipinski definition) is 5. The van der Waals surface area contributed by atoms with E-state index < -0.39 is 10.5 Å². The molecule has 1 fully saturated rings. The van der Waals surface area contributed by atoms with Crippen LogP contribution in [0.1, 0.15) is 69.6 Å². The number of nitrogens with one attached hydrogen (secondary N) is 1. The normalized spacial score (nSPS) is 13.4. The summed E-state index contributed by atoms with van der Waals surface area (Å²) in [6.45, 7) is 6.99. The Kier molecular flexibility index (Phi) is 11.1. The van der Waals surface area contributed by atoms with Crippen LogP contribution in [0.25, 0.3) is 11.1 Å². The summed E-state index contributed by atoms with van der Waals surface area (Å²) in [5.74, 6) is 0. The van der Waals surface area contributed by atoms with E-state index in [9.17, 15) is 19.7 Å². The van der Waals surface area contributed by atoms with Crippen LogP contribution in [-0.2, 0) is 24.4 Å². The van der Waals surface area contributed by atoms with E-state index in [1.165, 1.54) is 30.7 Å². The van der Waals surface area contributed by atoms with Gasteiger partial charge in [-0.1, -0.05) is 98.1 Å². The van der Waals surface area contributed by atoms with E-state index in [4.69, 9.17) is 4.74 Å². The van der Waals surface area contributed by atoms with Crippen molar-refractivity contribution in [2.24, 2.45) is 0 Å². The third kappa shape index (κ3) is 9.67. The van der Waals surface area contributed by atoms with Crippen LogP contribution in [0.3, 0.4) is 0 Å². The van der Waals surface area contributed by atoms with Crippen LogP contribution < -0.4 is 5.32 Å². The second kappa shape index (κ2) is 15.6. The van der Waals surface area contributed by atoms with Crippen molar-refractivity contribution >= 4 is 23.5 Å². The zero-order chi connectivity index (χ0) is 34.1. The Hall–Kier alpha value is -5.18. The Morgan fingerprint density at radius 1 is 0.750 bits per heavy atom. The summed E-state index contributed by atoms with van der Waals surface area (Å²) in [4.78, 5) is 40.8. The van der Waals surface area contributed by atoms with Gasteiger partial charge in [-0.3, -0.25) is 10.1 Å². The molecule has 9 heteroatoms. The van der Waals surface area contributed by atoms with Crippen molar-refractivity contribution in [3.8, 4) is 11.1 Å². The molecule has 0 bridgehead atoms. The van der Waals surface area contributed by atoms with Gasteiger partial charge >= 0.3 is 12.1 Å². The predicted molar refractivity (Wildman–Crippen MR) is 188 cm³/mol. The lowest BCUT2D eigenvalue weighted by molar-refractivity contribution is -0.384. The molecular weight excluding hydrogens is 604 g/mol. The van der Waals surface area contributed by atoms with Crippen LogP contribution in [0, 0.1) is 10.1 Å². The number of nitrogens with zero attached hydrogens (tertiary/aromatic N) is 3. The Balaban J connectivity index is 1.26. The van der Waals surface area contributed by atoms with E-state index in [0.29, 0.717) is 25.3 Å². The third-order valence-electron chi connectivity index (χ3n) is 8.44. The quantitative estimate of drug-likeness (QED) is 0.136. The van der Waals surface area contributed by atoms with Crippen LogP contribution in [0.4, 0.5) is 21.0 Å². The number of non-ortho nitro benzene ring substituents is 1. The first-order valence-corrected chi connectivity index (χ1v) is 16.6. The van der Waals surface area contributed by atoms with Gasteiger partial charge in [0.2, 0.25) is 0 Å². The van der Waals surface area contributed by atoms with Crippen LogP contribution >= 0.6 is 0 Å². The van der Waals surface area contributed by atoms with Crippen molar-refractivity contribution in [2.45, 2.75) is 84.2 Å². The number of rotatable bonds is 10. The minimum Gasteiger partial charge on any atom is -0.444 e. The number of carbonyl (C=O) groups excluding carboxylic acids is 2. The van der Waals surface area contributed by atoms with Crippen LogP contribution in [0.15, 0.2) is 103 Å². The van der Waals surface area contributed by atoms with E-state index in [1.807, 2.05) is 80.3 Å². The maximum atomic E-state index is 13.4. The lowest BCUT2D eigenvalue weighted by Gasteiger charge is -2.35. The molecule has 250 valence electrons. The lowest BCUT2D eigenvalue weighted by Crippen LogP contribution is -2.43. The van der Waals surface area contributed by atoms with Gasteiger partial charge in [0.15, 0.2) is 0 Å². The topological polar surface area (TPSA) is 105 Å². The average molecular weight is 649 g/mol. The van der Waals surface area contributed by atoms with Crippen LogP contribution in [0.2, 0.25) is 0 Å². The summed E-state index contributed by atoms with van der Waals surface area (Å²) in [6, 6.07) is 31.9. The van der Waals surface area contributed by atoms with Crippen molar-refractivity contribution in [3.63, 3.8) is 0 Å². The molecule has 3 amide bonds. The van der Waals surface area contributed by atoms with Crippen LogP contribution in [0.5, 0.6) is 0 Å². The summed E-state index contributed by atoms with van der Waals surface area (Å²) in [7, 11) is 0. The van der Waals surface area contributed by atoms with E-state index >= 15 is 0 Å². The minimum atomic E-state index is -0.546. The Labute approximate surface area is 282 Å². The zero-order valence-electron chi connectivity index (χ0n) is 27.9. The molecule has 0 radical (unpaired) electrons. The number of anilines is 1. The molecule has 48 heavy (non-hydrogen) atoms. The van der Waals surface area contributed by atoms with Crippen molar-refractivity contribution < 1.29 is 19.2 Å². The van der Waals surface area contributed by atoms with Gasteiger partial charge in [-0.15, -0.1) is 0 Å². The molecule has 9 nitrogen and oxygen atoms in total. The number of urea groups is 1. The first-order valence-electron chi connectivity index (χ1n) is 16.6. The number of carbonyl (C=O) groups is 2. The van der Waals surface area contributed by atoms with Crippen molar-refractivity contribution in [3.05, 3.63) is 130 Å². The molecule has 0 unspecified atom stereocenters. The summed E-state index contributed by atoms with van der Waals surface area (Å²) in [5, 5.41) is 13.9. The Morgan fingerprint density at radius 2 is 1.27 bits per heavy atom. The van der Waals surface area contributed by atoms with Gasteiger partial charge in [0.05, 0.1) is 4.92 Å². The average Bonchev–Trinajstić information content (AvgIpc) is 3.08. The highest BCUT2D eigenvalue weighted by Gasteiger charge is 2.29. The fourth-order valence-corrected chi connectivity index (χ4v) is 5.95. The minimum absolute atomic E-state index is 0.0360. The molecule has 0 spiro atoms. The number of ether oxygens (including phenoxy) is 1. The molecule has 5 rings (SSSR count). The number of nitro benzene ring substituents is 1. The van der Waals surface area contributed by atoms with Gasteiger partial charge in [0.1, 0.15) is 5.60 Å². The van der Waals surface area contributed by atoms with Crippen molar-refractivity contribution in [1.82, 2.24) is 9.80 Å². The van der Waals surface area contributed by atoms with Gasteiger partial charge in [-0.25, -0.2) is 9.59 Å². The monoisotopic (exact) mass is 648 g/mol. The molecule has 0 aliphatic heterocycles. The molecular formula is C39H44N4O5. The molecule has 4 aromatic rings. The summed E-state index contributed by atoms with van der Waals surface area (Å²) in [5.41, 5.74) is 5.02. The zero-order valence-corrected chi connectivity index (χ0v) is 27.9. The highest BCUT2D eigenvalue weighted by atomic mass is 16.6. The highest BCUT2D eigenvalue weighted by molar-refractivity contribution is 5.89. The molecule has 0 heterocycles. The number of amides is 3. The Bertz CT molecular complexity index is 1660. The summed E-state index contributed by atoms with van der Waals surface area (Å²) < 4.78 is 5.78. The van der Waals surface area contributed by atoms with Gasteiger partial charge in [0, 0.05) is 43.5 Å². The van der Waals surface area contributed by atoms with E-state index in [1.54, 1.807) is 4.90 Å². The van der Waals surface area contributed by atoms with Gasteiger partial charge < -0.3 is 19.9 Å². The first kappa shape index (κ1) is 34.2. The summed E-state index contributed by atoms with van der Waals surface area (Å²) >= 11 is 0. The predicted octanol–water partition coefficient (Wildman–Crippen LogP) is 9.57. The lowest BCUT2D eigenvalue weighted by atomic mass is 9.94. The van der Waals surface area contributed by atoms with E-state index in [2.05, 4.69) is 29.6 Å². The highest BCUT2D eigenvalue weighted by Crippen LogP contribution is 2.28. The molecule has 0 atom stereocenters. The largest absolute Gasteiger partial charge is 0.444 e. The molecule has 1 aliphatic rings. The first-order chi connectivity index (χ1) is 23.0. The van der Waals surface area contributed by atoms with Crippen LogP contribution in [-0.4, -0.2) is 38.5 Å². The number of nitro groups is 1.